The van der Waals surface area contributed by atoms with E-state index in [1.165, 1.54) is 6.92 Å². The number of rotatable bonds is 7. The second-order valence-electron chi connectivity index (χ2n) is 6.01. The molecule has 132 valence electrons. The lowest BCUT2D eigenvalue weighted by atomic mass is 10.1. The summed E-state index contributed by atoms with van der Waals surface area (Å²) in [6, 6.07) is 15.6. The average molecular weight is 339 g/mol. The molecule has 0 fully saturated rings. The Kier molecular flexibility index (Phi) is 6.71. The van der Waals surface area contributed by atoms with E-state index in [0.29, 0.717) is 5.56 Å². The van der Waals surface area contributed by atoms with Crippen molar-refractivity contribution in [2.75, 3.05) is 18.9 Å². The number of anilines is 1. The van der Waals surface area contributed by atoms with Crippen molar-refractivity contribution in [3.05, 3.63) is 65.2 Å². The first-order valence-electron chi connectivity index (χ1n) is 8.41. The highest BCUT2D eigenvalue weighted by Crippen LogP contribution is 2.17. The van der Waals surface area contributed by atoms with Gasteiger partial charge in [-0.3, -0.25) is 9.59 Å². The quantitative estimate of drug-likeness (QED) is 0.726. The van der Waals surface area contributed by atoms with Gasteiger partial charge in [0.15, 0.2) is 0 Å². The Bertz CT molecular complexity index is 743. The molecule has 0 heterocycles. The van der Waals surface area contributed by atoms with Crippen molar-refractivity contribution in [3.8, 4) is 0 Å². The molecule has 0 radical (unpaired) electrons. The summed E-state index contributed by atoms with van der Waals surface area (Å²) in [5.41, 5.74) is 3.71. The van der Waals surface area contributed by atoms with Gasteiger partial charge in [-0.15, -0.1) is 0 Å². The van der Waals surface area contributed by atoms with Crippen molar-refractivity contribution in [1.29, 1.82) is 0 Å². The van der Waals surface area contributed by atoms with E-state index in [4.69, 9.17) is 0 Å². The van der Waals surface area contributed by atoms with Gasteiger partial charge in [0.1, 0.15) is 0 Å². The Hall–Kier alpha value is -2.66. The number of nitrogens with one attached hydrogen (secondary N) is 3. The zero-order chi connectivity index (χ0) is 18.2. The minimum atomic E-state index is -0.0752. The molecule has 0 unspecified atom stereocenters. The molecule has 0 saturated carbocycles. The first-order chi connectivity index (χ1) is 12.0. The van der Waals surface area contributed by atoms with Crippen LogP contribution in [0.15, 0.2) is 48.5 Å². The summed E-state index contributed by atoms with van der Waals surface area (Å²) in [4.78, 5) is 22.8. The monoisotopic (exact) mass is 339 g/mol. The highest BCUT2D eigenvalue weighted by atomic mass is 16.2. The van der Waals surface area contributed by atoms with Gasteiger partial charge in [0, 0.05) is 31.3 Å². The van der Waals surface area contributed by atoms with Gasteiger partial charge < -0.3 is 16.0 Å². The maximum Gasteiger partial charge on any atom is 0.251 e. The van der Waals surface area contributed by atoms with Crippen molar-refractivity contribution in [2.24, 2.45) is 0 Å². The lowest BCUT2D eigenvalue weighted by Gasteiger charge is -2.15. The Labute approximate surface area is 148 Å². The molecule has 2 aromatic rings. The van der Waals surface area contributed by atoms with E-state index >= 15 is 0 Å². The first-order valence-corrected chi connectivity index (χ1v) is 8.41. The van der Waals surface area contributed by atoms with Crippen molar-refractivity contribution in [2.45, 2.75) is 26.3 Å². The summed E-state index contributed by atoms with van der Waals surface area (Å²) < 4.78 is 0. The first kappa shape index (κ1) is 18.7. The van der Waals surface area contributed by atoms with Crippen LogP contribution in [0.25, 0.3) is 0 Å². The minimum Gasteiger partial charge on any atom is -0.355 e. The van der Waals surface area contributed by atoms with Gasteiger partial charge >= 0.3 is 0 Å². The zero-order valence-electron chi connectivity index (χ0n) is 14.9. The molecule has 25 heavy (non-hydrogen) atoms. The molecule has 0 spiro atoms. The largest absolute Gasteiger partial charge is 0.355 e. The molecule has 0 aliphatic carbocycles. The molecule has 3 N–H and O–H groups in total. The van der Waals surface area contributed by atoms with Crippen LogP contribution in [0, 0.1) is 0 Å². The lowest BCUT2D eigenvalue weighted by Crippen LogP contribution is -2.22. The molecule has 2 rings (SSSR count). The van der Waals surface area contributed by atoms with Gasteiger partial charge in [0.2, 0.25) is 5.91 Å². The third-order valence-corrected chi connectivity index (χ3v) is 3.99. The van der Waals surface area contributed by atoms with Crippen LogP contribution >= 0.6 is 0 Å². The molecule has 0 aliphatic heterocycles. The van der Waals surface area contributed by atoms with Crippen LogP contribution in [0.1, 0.15) is 41.4 Å². The van der Waals surface area contributed by atoms with Gasteiger partial charge in [0.05, 0.1) is 0 Å². The highest BCUT2D eigenvalue weighted by molar-refractivity contribution is 5.94. The standard InChI is InChI=1S/C20H25N3O2/c1-14(17-7-5-9-19(13-17)23-15(2)24)22-11-10-16-6-4-8-18(12-16)20(25)21-3/h4-9,12-14,22H,10-11H2,1-3H3,(H,21,25)(H,23,24)/t14-/m1/s1. The maximum absolute atomic E-state index is 11.7. The molecule has 1 atom stereocenters. The van der Waals surface area contributed by atoms with E-state index < -0.39 is 0 Å². The van der Waals surface area contributed by atoms with E-state index in [1.54, 1.807) is 7.05 Å². The van der Waals surface area contributed by atoms with E-state index in [2.05, 4.69) is 22.9 Å². The molecule has 0 bridgehead atoms. The summed E-state index contributed by atoms with van der Waals surface area (Å²) in [5.74, 6) is -0.147. The van der Waals surface area contributed by atoms with Crippen LogP contribution in [0.5, 0.6) is 0 Å². The number of hydrogen-bond acceptors (Lipinski definition) is 3. The number of carbonyl (C=O) groups excluding carboxylic acids is 2. The minimum absolute atomic E-state index is 0.0713. The Morgan fingerprint density at radius 2 is 1.84 bits per heavy atom. The Morgan fingerprint density at radius 3 is 2.56 bits per heavy atom. The molecule has 0 aliphatic rings. The highest BCUT2D eigenvalue weighted by Gasteiger charge is 2.07. The van der Waals surface area contributed by atoms with Gasteiger partial charge in [-0.2, -0.15) is 0 Å². The van der Waals surface area contributed by atoms with E-state index in [1.807, 2.05) is 48.5 Å². The predicted octanol–water partition coefficient (Wildman–Crippen LogP) is 2.90. The number of amides is 2. The van der Waals surface area contributed by atoms with Crippen LogP contribution in [0.4, 0.5) is 5.69 Å². The molecule has 2 amide bonds. The molecule has 2 aromatic carbocycles. The van der Waals surface area contributed by atoms with Crippen LogP contribution in [0.3, 0.4) is 0 Å². The molecule has 0 aromatic heterocycles. The molecule has 5 heteroatoms. The average Bonchev–Trinajstić information content (AvgIpc) is 2.61. The molecule has 5 nitrogen and oxygen atoms in total. The molecular weight excluding hydrogens is 314 g/mol. The fourth-order valence-electron chi connectivity index (χ4n) is 2.65. The second-order valence-corrected chi connectivity index (χ2v) is 6.01. The van der Waals surface area contributed by atoms with Crippen LogP contribution < -0.4 is 16.0 Å². The van der Waals surface area contributed by atoms with Gasteiger partial charge in [-0.25, -0.2) is 0 Å². The topological polar surface area (TPSA) is 70.2 Å². The third-order valence-electron chi connectivity index (χ3n) is 3.99. The van der Waals surface area contributed by atoms with Crippen molar-refractivity contribution in [3.63, 3.8) is 0 Å². The van der Waals surface area contributed by atoms with Crippen LogP contribution in [-0.4, -0.2) is 25.4 Å². The van der Waals surface area contributed by atoms with Crippen LogP contribution in [-0.2, 0) is 11.2 Å². The van der Waals surface area contributed by atoms with E-state index in [-0.39, 0.29) is 17.9 Å². The predicted molar refractivity (Wildman–Crippen MR) is 101 cm³/mol. The number of carbonyl (C=O) groups is 2. The zero-order valence-corrected chi connectivity index (χ0v) is 14.9. The van der Waals surface area contributed by atoms with Crippen LogP contribution in [0.2, 0.25) is 0 Å². The summed E-state index contributed by atoms with van der Waals surface area (Å²) in [7, 11) is 1.63. The summed E-state index contributed by atoms with van der Waals surface area (Å²) in [5, 5.41) is 8.92. The normalized spacial score (nSPS) is 11.6. The van der Waals surface area contributed by atoms with Crippen molar-refractivity contribution >= 4 is 17.5 Å². The SMILES string of the molecule is CNC(=O)c1cccc(CCN[C@H](C)c2cccc(NC(C)=O)c2)c1. The van der Waals surface area contributed by atoms with E-state index in [9.17, 15) is 9.59 Å². The number of hydrogen-bond donors (Lipinski definition) is 3. The fraction of sp³-hybridized carbons (Fsp3) is 0.300. The third kappa shape index (κ3) is 5.72. The molecule has 0 saturated heterocycles. The maximum atomic E-state index is 11.7. The Balaban J connectivity index is 1.91. The van der Waals surface area contributed by atoms with E-state index in [0.717, 1.165) is 29.8 Å². The summed E-state index contributed by atoms with van der Waals surface area (Å²) >= 11 is 0. The molecular formula is C20H25N3O2. The summed E-state index contributed by atoms with van der Waals surface area (Å²) in [6.07, 6.45) is 0.834. The Morgan fingerprint density at radius 1 is 1.08 bits per heavy atom. The number of benzene rings is 2. The second kappa shape index (κ2) is 8.99. The van der Waals surface area contributed by atoms with Crippen molar-refractivity contribution < 1.29 is 9.59 Å². The van der Waals surface area contributed by atoms with Gasteiger partial charge in [-0.1, -0.05) is 24.3 Å². The van der Waals surface area contributed by atoms with Gasteiger partial charge in [-0.05, 0) is 55.3 Å². The van der Waals surface area contributed by atoms with Gasteiger partial charge in [0.25, 0.3) is 5.91 Å². The lowest BCUT2D eigenvalue weighted by molar-refractivity contribution is -0.114. The fourth-order valence-corrected chi connectivity index (χ4v) is 2.65. The van der Waals surface area contributed by atoms with Crippen molar-refractivity contribution in [1.82, 2.24) is 10.6 Å². The summed E-state index contributed by atoms with van der Waals surface area (Å²) in [6.45, 7) is 4.39. The smallest absolute Gasteiger partial charge is 0.251 e.